The monoisotopic (exact) mass is 405 g/mol. The molecule has 0 amide bonds. The Hall–Kier alpha value is -2.36. The third-order valence-corrected chi connectivity index (χ3v) is 5.87. The smallest absolute Gasteiger partial charge is 0.374 e. The van der Waals surface area contributed by atoms with E-state index in [-0.39, 0.29) is 23.9 Å². The second-order valence-electron chi connectivity index (χ2n) is 5.75. The number of nitrogens with zero attached hydrogens (tertiary/aromatic N) is 1. The number of hydrogen-bond donors (Lipinski definition) is 3. The number of carbonyl (C=O) groups excluding carboxylic acids is 1. The Morgan fingerprint density at radius 3 is 2.78 bits per heavy atom. The number of fused-ring (bicyclic) bond motifs is 1. The van der Waals surface area contributed by atoms with Crippen molar-refractivity contribution in [1.29, 1.82) is 0 Å². The normalized spacial score (nSPS) is 12.8. The minimum absolute atomic E-state index is 0.0269. The van der Waals surface area contributed by atoms with E-state index in [0.29, 0.717) is 11.1 Å². The van der Waals surface area contributed by atoms with Crippen LogP contribution in [0.5, 0.6) is 0 Å². The molecule has 0 fully saturated rings. The molecule has 3 aromatic rings. The van der Waals surface area contributed by atoms with E-state index < -0.39 is 21.2 Å². The van der Waals surface area contributed by atoms with Gasteiger partial charge < -0.3 is 9.72 Å². The molecule has 0 saturated carbocycles. The molecule has 1 unspecified atom stereocenters. The van der Waals surface area contributed by atoms with Crippen molar-refractivity contribution in [2.45, 2.75) is 17.1 Å². The zero-order chi connectivity index (χ0) is 19.4. The minimum Gasteiger partial charge on any atom is -0.460 e. The van der Waals surface area contributed by atoms with Crippen molar-refractivity contribution in [2.24, 2.45) is 0 Å². The van der Waals surface area contributed by atoms with E-state index in [9.17, 15) is 13.2 Å². The van der Waals surface area contributed by atoms with Crippen LogP contribution >= 0.6 is 12.6 Å². The van der Waals surface area contributed by atoms with E-state index in [0.717, 1.165) is 5.39 Å². The van der Waals surface area contributed by atoms with Crippen LogP contribution in [0.1, 0.15) is 28.5 Å². The van der Waals surface area contributed by atoms with E-state index >= 15 is 0 Å². The van der Waals surface area contributed by atoms with Gasteiger partial charge in [0, 0.05) is 17.6 Å². The highest BCUT2D eigenvalue weighted by Crippen LogP contribution is 2.24. The van der Waals surface area contributed by atoms with Crippen molar-refractivity contribution in [3.05, 3.63) is 60.2 Å². The van der Waals surface area contributed by atoms with Gasteiger partial charge in [0.2, 0.25) is 15.8 Å². The van der Waals surface area contributed by atoms with Crippen LogP contribution in [0, 0.1) is 0 Å². The Morgan fingerprint density at radius 1 is 1.26 bits per heavy atom. The Kier molecular flexibility index (Phi) is 5.83. The third-order valence-electron chi connectivity index (χ3n) is 3.93. The van der Waals surface area contributed by atoms with Crippen molar-refractivity contribution in [2.75, 3.05) is 13.2 Å². The van der Waals surface area contributed by atoms with Crippen molar-refractivity contribution in [3.63, 3.8) is 0 Å². The SMILES string of the molecule is CCOC(=O)c1ncc(C(S)CNS(=O)(=O)c2cccc3ccccc23)[nH]1. The Labute approximate surface area is 162 Å². The van der Waals surface area contributed by atoms with Gasteiger partial charge in [-0.2, -0.15) is 12.6 Å². The molecular formula is C18H19N3O4S2. The van der Waals surface area contributed by atoms with Crippen molar-refractivity contribution in [3.8, 4) is 0 Å². The van der Waals surface area contributed by atoms with Gasteiger partial charge in [-0.05, 0) is 18.4 Å². The topological polar surface area (TPSA) is 101 Å². The summed E-state index contributed by atoms with van der Waals surface area (Å²) in [5.74, 6) is -0.511. The molecule has 1 aromatic heterocycles. The number of imidazole rings is 1. The number of thiol groups is 1. The maximum absolute atomic E-state index is 12.7. The van der Waals surface area contributed by atoms with Gasteiger partial charge in [0.05, 0.1) is 22.9 Å². The van der Waals surface area contributed by atoms with Gasteiger partial charge >= 0.3 is 5.97 Å². The zero-order valence-corrected chi connectivity index (χ0v) is 16.3. The van der Waals surface area contributed by atoms with Gasteiger partial charge in [0.15, 0.2) is 0 Å². The molecule has 3 rings (SSSR count). The summed E-state index contributed by atoms with van der Waals surface area (Å²) in [5.41, 5.74) is 0.516. The fourth-order valence-electron chi connectivity index (χ4n) is 2.61. The summed E-state index contributed by atoms with van der Waals surface area (Å²) in [6.45, 7) is 1.97. The van der Waals surface area contributed by atoms with Crippen molar-refractivity contribution in [1.82, 2.24) is 14.7 Å². The van der Waals surface area contributed by atoms with Crippen LogP contribution in [0.25, 0.3) is 10.8 Å². The summed E-state index contributed by atoms with van der Waals surface area (Å²) in [6.07, 6.45) is 1.44. The number of aromatic nitrogens is 2. The van der Waals surface area contributed by atoms with Crippen LogP contribution in [0.4, 0.5) is 0 Å². The lowest BCUT2D eigenvalue weighted by molar-refractivity contribution is 0.0513. The lowest BCUT2D eigenvalue weighted by Crippen LogP contribution is -2.27. The molecule has 0 aliphatic carbocycles. The minimum atomic E-state index is -3.73. The molecule has 2 N–H and O–H groups in total. The number of nitrogens with one attached hydrogen (secondary N) is 2. The molecule has 7 nitrogen and oxygen atoms in total. The van der Waals surface area contributed by atoms with Crippen LogP contribution in [0.3, 0.4) is 0 Å². The first-order valence-electron chi connectivity index (χ1n) is 8.30. The second kappa shape index (κ2) is 8.12. The zero-order valence-electron chi connectivity index (χ0n) is 14.5. The molecule has 0 aliphatic rings. The molecule has 0 saturated heterocycles. The van der Waals surface area contributed by atoms with Gasteiger partial charge in [-0.3, -0.25) is 0 Å². The highest BCUT2D eigenvalue weighted by molar-refractivity contribution is 7.89. The summed E-state index contributed by atoms with van der Waals surface area (Å²) in [5, 5.41) is 0.982. The number of ether oxygens (including phenoxy) is 1. The number of H-pyrrole nitrogens is 1. The molecule has 0 spiro atoms. The quantitative estimate of drug-likeness (QED) is 0.414. The number of sulfonamides is 1. The highest BCUT2D eigenvalue weighted by atomic mass is 32.2. The Balaban J connectivity index is 1.74. The lowest BCUT2D eigenvalue weighted by atomic mass is 10.1. The lowest BCUT2D eigenvalue weighted by Gasteiger charge is -2.12. The van der Waals surface area contributed by atoms with E-state index in [4.69, 9.17) is 4.74 Å². The molecule has 2 aromatic carbocycles. The third kappa shape index (κ3) is 4.32. The number of carbonyl (C=O) groups is 1. The van der Waals surface area contributed by atoms with Crippen LogP contribution in [-0.2, 0) is 14.8 Å². The summed E-state index contributed by atoms with van der Waals surface area (Å²) in [7, 11) is -3.73. The first-order valence-corrected chi connectivity index (χ1v) is 10.3. The molecular weight excluding hydrogens is 386 g/mol. The van der Waals surface area contributed by atoms with Gasteiger partial charge in [0.25, 0.3) is 0 Å². The predicted octanol–water partition coefficient (Wildman–Crippen LogP) is 2.69. The largest absolute Gasteiger partial charge is 0.460 e. The standard InChI is InChI=1S/C18H19N3O4S2/c1-2-25-18(22)17-19-10-14(21-17)15(26)11-20-27(23,24)16-9-5-7-12-6-3-4-8-13(12)16/h3-10,15,20,26H,2,11H2,1H3,(H,19,21). The van der Waals surface area contributed by atoms with E-state index in [1.165, 1.54) is 6.20 Å². The van der Waals surface area contributed by atoms with Gasteiger partial charge in [0.1, 0.15) is 0 Å². The number of esters is 1. The number of rotatable bonds is 7. The number of hydrogen-bond acceptors (Lipinski definition) is 6. The van der Waals surface area contributed by atoms with Crippen LogP contribution < -0.4 is 4.72 Å². The first kappa shape index (κ1) is 19.4. The molecule has 27 heavy (non-hydrogen) atoms. The summed E-state index contributed by atoms with van der Waals surface area (Å²) >= 11 is 4.40. The summed E-state index contributed by atoms with van der Waals surface area (Å²) < 4.78 is 32.9. The molecule has 0 aliphatic heterocycles. The Bertz CT molecular complexity index is 1060. The number of aromatic amines is 1. The van der Waals surface area contributed by atoms with Crippen molar-refractivity contribution >= 4 is 39.4 Å². The highest BCUT2D eigenvalue weighted by Gasteiger charge is 2.20. The van der Waals surface area contributed by atoms with E-state index in [1.54, 1.807) is 31.2 Å². The van der Waals surface area contributed by atoms with E-state index in [2.05, 4.69) is 27.3 Å². The first-order chi connectivity index (χ1) is 12.9. The average molecular weight is 406 g/mol. The van der Waals surface area contributed by atoms with E-state index in [1.807, 2.05) is 18.2 Å². The van der Waals surface area contributed by atoms with Crippen molar-refractivity contribution < 1.29 is 17.9 Å². The van der Waals surface area contributed by atoms with Crippen LogP contribution in [0.2, 0.25) is 0 Å². The maximum Gasteiger partial charge on any atom is 0.374 e. The Morgan fingerprint density at radius 2 is 2.00 bits per heavy atom. The fourth-order valence-corrected chi connectivity index (χ4v) is 4.24. The summed E-state index contributed by atoms with van der Waals surface area (Å²) in [4.78, 5) is 18.6. The molecule has 0 radical (unpaired) electrons. The fraction of sp³-hybridized carbons (Fsp3) is 0.222. The summed E-state index contributed by atoms with van der Waals surface area (Å²) in [6, 6.07) is 12.4. The average Bonchev–Trinajstić information content (AvgIpc) is 3.16. The molecule has 142 valence electrons. The van der Waals surface area contributed by atoms with Gasteiger partial charge in [-0.25, -0.2) is 22.9 Å². The molecule has 9 heteroatoms. The maximum atomic E-state index is 12.7. The number of benzene rings is 2. The molecule has 1 atom stereocenters. The molecule has 0 bridgehead atoms. The molecule has 1 heterocycles. The predicted molar refractivity (Wildman–Crippen MR) is 105 cm³/mol. The van der Waals surface area contributed by atoms with Crippen LogP contribution in [0.15, 0.2) is 53.6 Å². The second-order valence-corrected chi connectivity index (χ2v) is 8.11. The van der Waals surface area contributed by atoms with Gasteiger partial charge in [-0.1, -0.05) is 36.4 Å². The van der Waals surface area contributed by atoms with Crippen LogP contribution in [-0.4, -0.2) is 37.5 Å². The van der Waals surface area contributed by atoms with Gasteiger partial charge in [-0.15, -0.1) is 0 Å².